The molecule has 0 saturated carbocycles. The second-order valence-electron chi connectivity index (χ2n) is 5.25. The predicted molar refractivity (Wildman–Crippen MR) is 89.1 cm³/mol. The fraction of sp³-hybridized carbons (Fsp3) is 0.294. The Balaban J connectivity index is 2.38. The van der Waals surface area contributed by atoms with E-state index in [4.69, 9.17) is 4.74 Å². The first-order valence-corrected chi connectivity index (χ1v) is 8.62. The summed E-state index contributed by atoms with van der Waals surface area (Å²) < 4.78 is 33.1. The van der Waals surface area contributed by atoms with Crippen LogP contribution in [0, 0.1) is 13.8 Å². The molecule has 0 atom stereocenters. The highest BCUT2D eigenvalue weighted by Crippen LogP contribution is 2.27. The van der Waals surface area contributed by atoms with Gasteiger partial charge < -0.3 is 4.74 Å². The maximum atomic E-state index is 12.6. The largest absolute Gasteiger partial charge is 0.497 e. The van der Waals surface area contributed by atoms with Gasteiger partial charge in [-0.2, -0.15) is 0 Å². The second-order valence-corrected chi connectivity index (χ2v) is 6.87. The number of hydrogen-bond donors (Lipinski definition) is 1. The highest BCUT2D eigenvalue weighted by molar-refractivity contribution is 7.92. The van der Waals surface area contributed by atoms with E-state index in [1.54, 1.807) is 45.2 Å². The zero-order valence-electron chi connectivity index (χ0n) is 13.3. The summed E-state index contributed by atoms with van der Waals surface area (Å²) in [6.07, 6.45) is 0.920. The SMILES string of the molecule is CCc1ccc(NS(=O)(=O)c2c(C)cc(OC)cc2C)cc1. The maximum Gasteiger partial charge on any atom is 0.262 e. The van der Waals surface area contributed by atoms with Gasteiger partial charge in [-0.1, -0.05) is 19.1 Å². The Morgan fingerprint density at radius 3 is 2.05 bits per heavy atom. The van der Waals surface area contributed by atoms with E-state index in [0.29, 0.717) is 27.5 Å². The van der Waals surface area contributed by atoms with Gasteiger partial charge in [-0.3, -0.25) is 4.72 Å². The Morgan fingerprint density at radius 2 is 1.59 bits per heavy atom. The average Bonchev–Trinajstić information content (AvgIpc) is 2.46. The topological polar surface area (TPSA) is 55.4 Å². The van der Waals surface area contributed by atoms with Gasteiger partial charge in [0.25, 0.3) is 10.0 Å². The van der Waals surface area contributed by atoms with Crippen molar-refractivity contribution in [3.05, 3.63) is 53.1 Å². The fourth-order valence-electron chi connectivity index (χ4n) is 2.47. The van der Waals surface area contributed by atoms with E-state index >= 15 is 0 Å². The molecule has 0 aliphatic rings. The molecule has 22 heavy (non-hydrogen) atoms. The van der Waals surface area contributed by atoms with Crippen LogP contribution < -0.4 is 9.46 Å². The van der Waals surface area contributed by atoms with E-state index in [0.717, 1.165) is 6.42 Å². The number of sulfonamides is 1. The van der Waals surface area contributed by atoms with E-state index in [9.17, 15) is 8.42 Å². The maximum absolute atomic E-state index is 12.6. The zero-order valence-corrected chi connectivity index (χ0v) is 14.1. The number of benzene rings is 2. The van der Waals surface area contributed by atoms with Crippen LogP contribution in [0.15, 0.2) is 41.3 Å². The van der Waals surface area contributed by atoms with Crippen molar-refractivity contribution in [3.8, 4) is 5.75 Å². The van der Waals surface area contributed by atoms with Gasteiger partial charge in [-0.25, -0.2) is 8.42 Å². The molecular formula is C17H21NO3S. The van der Waals surface area contributed by atoms with Gasteiger partial charge in [0.05, 0.1) is 12.0 Å². The molecule has 0 saturated heterocycles. The molecule has 0 spiro atoms. The molecule has 118 valence electrons. The highest BCUT2D eigenvalue weighted by atomic mass is 32.2. The van der Waals surface area contributed by atoms with Crippen LogP contribution in [0.3, 0.4) is 0 Å². The number of anilines is 1. The molecular weight excluding hydrogens is 298 g/mol. The van der Waals surface area contributed by atoms with E-state index in [-0.39, 0.29) is 0 Å². The van der Waals surface area contributed by atoms with Gasteiger partial charge in [-0.05, 0) is 61.2 Å². The van der Waals surface area contributed by atoms with Crippen LogP contribution in [0.5, 0.6) is 5.75 Å². The van der Waals surface area contributed by atoms with Crippen LogP contribution in [-0.4, -0.2) is 15.5 Å². The summed E-state index contributed by atoms with van der Waals surface area (Å²) in [6.45, 7) is 5.60. The fourth-order valence-corrected chi connectivity index (χ4v) is 3.98. The number of ether oxygens (including phenoxy) is 1. The first kappa shape index (κ1) is 16.4. The minimum absolute atomic E-state index is 0.299. The second kappa shape index (κ2) is 6.40. The summed E-state index contributed by atoms with van der Waals surface area (Å²) in [5.74, 6) is 0.654. The van der Waals surface area contributed by atoms with Crippen molar-refractivity contribution in [1.29, 1.82) is 0 Å². The van der Waals surface area contributed by atoms with E-state index in [1.165, 1.54) is 5.56 Å². The molecule has 0 bridgehead atoms. The monoisotopic (exact) mass is 319 g/mol. The van der Waals surface area contributed by atoms with Gasteiger partial charge in [0.1, 0.15) is 5.75 Å². The number of nitrogens with one attached hydrogen (secondary N) is 1. The van der Waals surface area contributed by atoms with Crippen molar-refractivity contribution >= 4 is 15.7 Å². The van der Waals surface area contributed by atoms with Crippen molar-refractivity contribution in [1.82, 2.24) is 0 Å². The standard InChI is InChI=1S/C17H21NO3S/c1-5-14-6-8-15(9-7-14)18-22(19,20)17-12(2)10-16(21-4)11-13(17)3/h6-11,18H,5H2,1-4H3. The van der Waals surface area contributed by atoms with Crippen molar-refractivity contribution < 1.29 is 13.2 Å². The first-order valence-electron chi connectivity index (χ1n) is 7.14. The number of aryl methyl sites for hydroxylation is 3. The molecule has 0 radical (unpaired) electrons. The minimum Gasteiger partial charge on any atom is -0.497 e. The summed E-state index contributed by atoms with van der Waals surface area (Å²) in [5.41, 5.74) is 3.05. The van der Waals surface area contributed by atoms with Gasteiger partial charge in [0, 0.05) is 5.69 Å². The van der Waals surface area contributed by atoms with Gasteiger partial charge in [0.2, 0.25) is 0 Å². The molecule has 5 heteroatoms. The quantitative estimate of drug-likeness (QED) is 0.914. The van der Waals surface area contributed by atoms with Crippen molar-refractivity contribution in [2.24, 2.45) is 0 Å². The predicted octanol–water partition coefficient (Wildman–Crippen LogP) is 3.68. The highest BCUT2D eigenvalue weighted by Gasteiger charge is 2.20. The normalized spacial score (nSPS) is 11.3. The third-order valence-electron chi connectivity index (χ3n) is 3.55. The molecule has 0 aromatic heterocycles. The van der Waals surface area contributed by atoms with Crippen LogP contribution in [0.1, 0.15) is 23.6 Å². The Bertz CT molecular complexity index is 742. The summed E-state index contributed by atoms with van der Waals surface area (Å²) in [7, 11) is -2.06. The molecule has 2 rings (SSSR count). The molecule has 2 aromatic rings. The van der Waals surface area contributed by atoms with E-state index in [2.05, 4.69) is 11.6 Å². The Morgan fingerprint density at radius 1 is 1.05 bits per heavy atom. The third kappa shape index (κ3) is 3.42. The Hall–Kier alpha value is -2.01. The van der Waals surface area contributed by atoms with Gasteiger partial charge >= 0.3 is 0 Å². The molecule has 0 heterocycles. The van der Waals surface area contributed by atoms with Crippen LogP contribution >= 0.6 is 0 Å². The molecule has 4 nitrogen and oxygen atoms in total. The van der Waals surface area contributed by atoms with Crippen molar-refractivity contribution in [2.75, 3.05) is 11.8 Å². The molecule has 0 amide bonds. The Kier molecular flexibility index (Phi) is 4.76. The van der Waals surface area contributed by atoms with Crippen LogP contribution in [-0.2, 0) is 16.4 Å². The van der Waals surface area contributed by atoms with Gasteiger partial charge in [0.15, 0.2) is 0 Å². The summed E-state index contributed by atoms with van der Waals surface area (Å²) >= 11 is 0. The average molecular weight is 319 g/mol. The lowest BCUT2D eigenvalue weighted by Gasteiger charge is -2.14. The molecule has 1 N–H and O–H groups in total. The molecule has 0 fully saturated rings. The van der Waals surface area contributed by atoms with E-state index in [1.807, 2.05) is 12.1 Å². The lowest BCUT2D eigenvalue weighted by atomic mass is 10.1. The van der Waals surface area contributed by atoms with E-state index < -0.39 is 10.0 Å². The summed E-state index contributed by atoms with van der Waals surface area (Å²) in [6, 6.07) is 10.9. The molecule has 0 aliphatic heterocycles. The molecule has 0 unspecified atom stereocenters. The summed E-state index contributed by atoms with van der Waals surface area (Å²) in [5, 5.41) is 0. The molecule has 2 aromatic carbocycles. The number of hydrogen-bond acceptors (Lipinski definition) is 3. The Labute approximate surface area is 132 Å². The van der Waals surface area contributed by atoms with Crippen molar-refractivity contribution in [3.63, 3.8) is 0 Å². The van der Waals surface area contributed by atoms with Crippen LogP contribution in [0.4, 0.5) is 5.69 Å². The minimum atomic E-state index is -3.62. The third-order valence-corrected chi connectivity index (χ3v) is 5.24. The smallest absolute Gasteiger partial charge is 0.262 e. The number of rotatable bonds is 5. The summed E-state index contributed by atoms with van der Waals surface area (Å²) in [4.78, 5) is 0.299. The van der Waals surface area contributed by atoms with Gasteiger partial charge in [-0.15, -0.1) is 0 Å². The van der Waals surface area contributed by atoms with Crippen LogP contribution in [0.2, 0.25) is 0 Å². The lowest BCUT2D eigenvalue weighted by Crippen LogP contribution is -2.15. The molecule has 0 aliphatic carbocycles. The first-order chi connectivity index (χ1) is 10.4. The van der Waals surface area contributed by atoms with Crippen molar-refractivity contribution in [2.45, 2.75) is 32.1 Å². The number of methoxy groups -OCH3 is 1. The lowest BCUT2D eigenvalue weighted by molar-refractivity contribution is 0.413. The van der Waals surface area contributed by atoms with Crippen LogP contribution in [0.25, 0.3) is 0 Å². The zero-order chi connectivity index (χ0) is 16.3.